The molecular weight excluding hydrogens is 347 g/mol. The summed E-state index contributed by atoms with van der Waals surface area (Å²) < 4.78 is 19.8. The molecule has 1 N–H and O–H groups in total. The highest BCUT2D eigenvalue weighted by Gasteiger charge is 2.23. The lowest BCUT2D eigenvalue weighted by Crippen LogP contribution is -2.07. The summed E-state index contributed by atoms with van der Waals surface area (Å²) in [5.41, 5.74) is 2.01. The number of aromatic carboxylic acids is 1. The van der Waals surface area contributed by atoms with Gasteiger partial charge in [-0.15, -0.1) is 0 Å². The first kappa shape index (κ1) is 17.1. The molecule has 0 aliphatic carbocycles. The summed E-state index contributed by atoms with van der Waals surface area (Å²) in [5.74, 6) is -1.44. The van der Waals surface area contributed by atoms with Gasteiger partial charge in [-0.25, -0.2) is 13.9 Å². The molecule has 3 aromatic rings. The molecule has 0 aliphatic rings. The van der Waals surface area contributed by atoms with Gasteiger partial charge in [0.2, 0.25) is 0 Å². The summed E-state index contributed by atoms with van der Waals surface area (Å²) in [7, 11) is 1.50. The predicted molar refractivity (Wildman–Crippen MR) is 92.0 cm³/mol. The second kappa shape index (κ2) is 7.04. The quantitative estimate of drug-likeness (QED) is 0.736. The van der Waals surface area contributed by atoms with Crippen LogP contribution in [0.2, 0.25) is 5.02 Å². The molecule has 0 saturated heterocycles. The molecule has 0 spiro atoms. The largest absolute Gasteiger partial charge is 0.478 e. The number of nitrogens with zero attached hydrogens (tertiary/aromatic N) is 2. The van der Waals surface area contributed by atoms with E-state index in [9.17, 15) is 14.3 Å². The van der Waals surface area contributed by atoms with E-state index in [1.807, 2.05) is 0 Å². The fourth-order valence-electron chi connectivity index (χ4n) is 2.58. The lowest BCUT2D eigenvalue weighted by atomic mass is 10.0. The summed E-state index contributed by atoms with van der Waals surface area (Å²) in [6.45, 7) is 0.0875. The van der Waals surface area contributed by atoms with Crippen molar-refractivity contribution in [1.82, 2.24) is 9.78 Å². The first-order valence-electron chi connectivity index (χ1n) is 7.36. The van der Waals surface area contributed by atoms with Crippen LogP contribution in [0.25, 0.3) is 22.5 Å². The maximum atomic E-state index is 13.2. The molecule has 7 heteroatoms. The fraction of sp³-hybridized carbons (Fsp3) is 0.111. The van der Waals surface area contributed by atoms with Crippen LogP contribution in [-0.2, 0) is 11.5 Å². The maximum absolute atomic E-state index is 13.2. The molecule has 0 unspecified atom stereocenters. The molecule has 1 heterocycles. The zero-order chi connectivity index (χ0) is 18.0. The van der Waals surface area contributed by atoms with E-state index in [4.69, 9.17) is 16.3 Å². The van der Waals surface area contributed by atoms with Gasteiger partial charge in [0, 0.05) is 18.2 Å². The van der Waals surface area contributed by atoms with E-state index in [1.54, 1.807) is 30.3 Å². The molecule has 0 atom stereocenters. The lowest BCUT2D eigenvalue weighted by molar-refractivity contribution is 0.0697. The molecule has 5 nitrogen and oxygen atoms in total. The van der Waals surface area contributed by atoms with Crippen molar-refractivity contribution in [3.8, 4) is 22.5 Å². The number of carboxylic acids is 1. The first-order chi connectivity index (χ1) is 12.0. The number of hydrogen-bond acceptors (Lipinski definition) is 3. The number of benzene rings is 2. The van der Waals surface area contributed by atoms with Crippen molar-refractivity contribution in [3.05, 3.63) is 64.9 Å². The van der Waals surface area contributed by atoms with Gasteiger partial charge in [0.15, 0.2) is 0 Å². The Morgan fingerprint density at radius 1 is 1.24 bits per heavy atom. The van der Waals surface area contributed by atoms with E-state index in [2.05, 4.69) is 5.10 Å². The van der Waals surface area contributed by atoms with Crippen LogP contribution in [0.15, 0.2) is 48.5 Å². The van der Waals surface area contributed by atoms with Gasteiger partial charge in [-0.1, -0.05) is 29.8 Å². The zero-order valence-electron chi connectivity index (χ0n) is 13.2. The Bertz CT molecular complexity index is 923. The average Bonchev–Trinajstić information content (AvgIpc) is 2.92. The molecule has 128 valence electrons. The van der Waals surface area contributed by atoms with Crippen LogP contribution in [0.4, 0.5) is 4.39 Å². The van der Waals surface area contributed by atoms with Crippen LogP contribution in [0.1, 0.15) is 10.4 Å². The van der Waals surface area contributed by atoms with Crippen LogP contribution in [-0.4, -0.2) is 28.0 Å². The number of methoxy groups -OCH3 is 1. The van der Waals surface area contributed by atoms with Crippen LogP contribution >= 0.6 is 11.6 Å². The van der Waals surface area contributed by atoms with Crippen LogP contribution in [0.3, 0.4) is 0 Å². The van der Waals surface area contributed by atoms with Gasteiger partial charge in [-0.2, -0.15) is 5.10 Å². The van der Waals surface area contributed by atoms with Crippen molar-refractivity contribution in [1.29, 1.82) is 0 Å². The molecule has 0 saturated carbocycles. The number of hydrogen-bond donors (Lipinski definition) is 1. The zero-order valence-corrected chi connectivity index (χ0v) is 14.0. The van der Waals surface area contributed by atoms with Crippen molar-refractivity contribution in [2.45, 2.75) is 6.73 Å². The van der Waals surface area contributed by atoms with E-state index in [0.717, 1.165) is 0 Å². The van der Waals surface area contributed by atoms with Gasteiger partial charge in [0.1, 0.15) is 18.2 Å². The van der Waals surface area contributed by atoms with Gasteiger partial charge >= 0.3 is 5.97 Å². The van der Waals surface area contributed by atoms with E-state index in [-0.39, 0.29) is 23.1 Å². The van der Waals surface area contributed by atoms with E-state index < -0.39 is 5.97 Å². The minimum absolute atomic E-state index is 0.0875. The summed E-state index contributed by atoms with van der Waals surface area (Å²) >= 11 is 6.53. The number of aromatic nitrogens is 2. The molecular formula is C18H14ClFN2O3. The normalized spacial score (nSPS) is 10.8. The van der Waals surface area contributed by atoms with Crippen molar-refractivity contribution >= 4 is 17.6 Å². The van der Waals surface area contributed by atoms with Gasteiger partial charge < -0.3 is 9.84 Å². The second-order valence-electron chi connectivity index (χ2n) is 5.29. The molecule has 3 rings (SSSR count). The number of carboxylic acid groups (broad SMARTS) is 1. The summed E-state index contributed by atoms with van der Waals surface area (Å²) in [6.07, 6.45) is 0. The standard InChI is InChI=1S/C18H14ClFN2O3/c1-25-10-22-17(13-4-2-3-5-14(13)18(23)24)15(19)16(21-22)11-6-8-12(20)9-7-11/h2-9H,10H2,1H3,(H,23,24). The molecule has 0 aliphatic heterocycles. The Hall–Kier alpha value is -2.70. The number of halogens is 2. The first-order valence-corrected chi connectivity index (χ1v) is 7.74. The van der Waals surface area contributed by atoms with Crippen LogP contribution in [0, 0.1) is 5.82 Å². The smallest absolute Gasteiger partial charge is 0.336 e. The number of carbonyl (C=O) groups is 1. The Labute approximate surface area is 148 Å². The van der Waals surface area contributed by atoms with Crippen LogP contribution < -0.4 is 0 Å². The van der Waals surface area contributed by atoms with Crippen molar-refractivity contribution in [2.24, 2.45) is 0 Å². The third-order valence-electron chi connectivity index (χ3n) is 3.68. The monoisotopic (exact) mass is 360 g/mol. The molecule has 2 aromatic carbocycles. The fourth-order valence-corrected chi connectivity index (χ4v) is 2.93. The molecule has 0 radical (unpaired) electrons. The minimum atomic E-state index is -1.07. The molecule has 0 fully saturated rings. The minimum Gasteiger partial charge on any atom is -0.478 e. The molecule has 0 amide bonds. The Balaban J connectivity index is 2.23. The predicted octanol–water partition coefficient (Wildman–Crippen LogP) is 4.31. The molecule has 25 heavy (non-hydrogen) atoms. The summed E-state index contributed by atoms with van der Waals surface area (Å²) in [6, 6.07) is 12.3. The topological polar surface area (TPSA) is 64.4 Å². The van der Waals surface area contributed by atoms with Gasteiger partial charge in [0.05, 0.1) is 16.3 Å². The Morgan fingerprint density at radius 3 is 2.56 bits per heavy atom. The van der Waals surface area contributed by atoms with Gasteiger partial charge in [0.25, 0.3) is 0 Å². The summed E-state index contributed by atoms with van der Waals surface area (Å²) in [5, 5.41) is 14.1. The van der Waals surface area contributed by atoms with Gasteiger partial charge in [-0.05, 0) is 30.3 Å². The lowest BCUT2D eigenvalue weighted by Gasteiger charge is -2.09. The molecule has 1 aromatic heterocycles. The Morgan fingerprint density at radius 2 is 1.92 bits per heavy atom. The van der Waals surface area contributed by atoms with Crippen molar-refractivity contribution < 1.29 is 19.0 Å². The van der Waals surface area contributed by atoms with E-state index in [0.29, 0.717) is 22.5 Å². The highest BCUT2D eigenvalue weighted by molar-refractivity contribution is 6.35. The third kappa shape index (κ3) is 3.26. The van der Waals surface area contributed by atoms with E-state index in [1.165, 1.54) is 30.0 Å². The van der Waals surface area contributed by atoms with Crippen molar-refractivity contribution in [3.63, 3.8) is 0 Å². The van der Waals surface area contributed by atoms with Gasteiger partial charge in [-0.3, -0.25) is 0 Å². The Kier molecular flexibility index (Phi) is 4.83. The third-order valence-corrected chi connectivity index (χ3v) is 4.03. The van der Waals surface area contributed by atoms with Crippen LogP contribution in [0.5, 0.6) is 0 Å². The number of ether oxygens (including phenoxy) is 1. The molecule has 0 bridgehead atoms. The summed E-state index contributed by atoms with van der Waals surface area (Å²) in [4.78, 5) is 11.5. The maximum Gasteiger partial charge on any atom is 0.336 e. The van der Waals surface area contributed by atoms with E-state index >= 15 is 0 Å². The highest BCUT2D eigenvalue weighted by Crippen LogP contribution is 2.37. The average molecular weight is 361 g/mol. The number of rotatable bonds is 5. The van der Waals surface area contributed by atoms with Crippen molar-refractivity contribution in [2.75, 3.05) is 7.11 Å². The second-order valence-corrected chi connectivity index (χ2v) is 5.66. The highest BCUT2D eigenvalue weighted by atomic mass is 35.5. The SMILES string of the molecule is COCn1nc(-c2ccc(F)cc2)c(Cl)c1-c1ccccc1C(=O)O.